The average molecular weight is 486 g/mol. The number of hydrogen-bond acceptors (Lipinski definition) is 7. The Labute approximate surface area is 207 Å². The van der Waals surface area contributed by atoms with E-state index in [-0.39, 0.29) is 18.9 Å². The number of unbranched alkanes of at least 4 members (excludes halogenated alkanes) is 7. The number of nitrogens with two attached hydrogens (primary N) is 2. The quantitative estimate of drug-likeness (QED) is 0.146. The second-order valence-corrected chi connectivity index (χ2v) is 10.6. The summed E-state index contributed by atoms with van der Waals surface area (Å²) in [5, 5.41) is 2.57. The van der Waals surface area contributed by atoms with Gasteiger partial charge in [-0.3, -0.25) is 10.1 Å². The average Bonchev–Trinajstić information content (AvgIpc) is 2.72. The van der Waals surface area contributed by atoms with Crippen molar-refractivity contribution in [1.82, 2.24) is 5.32 Å². The molecule has 5 N–H and O–H groups in total. The Morgan fingerprint density at radius 2 is 1.50 bits per heavy atom. The van der Waals surface area contributed by atoms with Crippen LogP contribution in [0.15, 0.2) is 0 Å². The van der Waals surface area contributed by atoms with E-state index in [0.29, 0.717) is 25.8 Å². The molecule has 0 heterocycles. The van der Waals surface area contributed by atoms with Gasteiger partial charge >= 0.3 is 12.1 Å². The van der Waals surface area contributed by atoms with Gasteiger partial charge in [0, 0.05) is 0 Å². The zero-order valence-electron chi connectivity index (χ0n) is 22.5. The molecule has 0 rings (SSSR count). The fourth-order valence-electron chi connectivity index (χ4n) is 3.84. The third-order valence-electron chi connectivity index (χ3n) is 5.48. The molecule has 200 valence electrons. The van der Waals surface area contributed by atoms with Gasteiger partial charge in [0.2, 0.25) is 5.54 Å². The molecule has 0 aliphatic carbocycles. The molecule has 0 aromatic carbocycles. The number of nitrogens with one attached hydrogen (secondary N) is 1. The lowest BCUT2D eigenvalue weighted by Gasteiger charge is -2.35. The summed E-state index contributed by atoms with van der Waals surface area (Å²) in [6.07, 6.45) is 8.51. The second-order valence-electron chi connectivity index (χ2n) is 10.6. The van der Waals surface area contributed by atoms with Crippen LogP contribution < -0.4 is 16.8 Å². The Kier molecular flexibility index (Phi) is 16.0. The third kappa shape index (κ3) is 13.3. The summed E-state index contributed by atoms with van der Waals surface area (Å²) in [5.41, 5.74) is 9.08. The Morgan fingerprint density at radius 3 is 2.03 bits per heavy atom. The lowest BCUT2D eigenvalue weighted by Crippen LogP contribution is -2.65. The molecule has 8 heteroatoms. The largest absolute Gasteiger partial charge is 0.464 e. The lowest BCUT2D eigenvalue weighted by atomic mass is 9.81. The molecule has 1 amide bonds. The number of amides is 1. The van der Waals surface area contributed by atoms with Gasteiger partial charge in [-0.05, 0) is 58.9 Å². The van der Waals surface area contributed by atoms with E-state index in [9.17, 15) is 14.4 Å². The molecular formula is C26H51N3O5. The third-order valence-corrected chi connectivity index (χ3v) is 5.48. The molecule has 0 saturated carbocycles. The van der Waals surface area contributed by atoms with Gasteiger partial charge in [-0.15, -0.1) is 0 Å². The van der Waals surface area contributed by atoms with Crippen LogP contribution in [0.2, 0.25) is 0 Å². The Morgan fingerprint density at radius 1 is 0.912 bits per heavy atom. The van der Waals surface area contributed by atoms with Crippen LogP contribution in [0.25, 0.3) is 0 Å². The van der Waals surface area contributed by atoms with Crippen LogP contribution in [0.3, 0.4) is 0 Å². The summed E-state index contributed by atoms with van der Waals surface area (Å²) >= 11 is 0. The zero-order chi connectivity index (χ0) is 26.2. The van der Waals surface area contributed by atoms with E-state index in [0.717, 1.165) is 25.7 Å². The van der Waals surface area contributed by atoms with Crippen molar-refractivity contribution in [2.45, 2.75) is 129 Å². The number of carbonyl (C=O) groups is 3. The highest BCUT2D eigenvalue weighted by atomic mass is 16.6. The minimum atomic E-state index is -1.89. The molecule has 0 fully saturated rings. The van der Waals surface area contributed by atoms with Crippen molar-refractivity contribution < 1.29 is 23.9 Å². The summed E-state index contributed by atoms with van der Waals surface area (Å²) in [4.78, 5) is 39.6. The predicted molar refractivity (Wildman–Crippen MR) is 136 cm³/mol. The highest BCUT2D eigenvalue weighted by Crippen LogP contribution is 2.24. The number of hydrogen-bond donors (Lipinski definition) is 3. The van der Waals surface area contributed by atoms with Crippen LogP contribution in [0, 0.1) is 5.92 Å². The second kappa shape index (κ2) is 16.9. The van der Waals surface area contributed by atoms with E-state index >= 15 is 0 Å². The maximum atomic E-state index is 13.5. The highest BCUT2D eigenvalue weighted by Gasteiger charge is 2.51. The summed E-state index contributed by atoms with van der Waals surface area (Å²) < 4.78 is 10.9. The van der Waals surface area contributed by atoms with Crippen LogP contribution in [0.5, 0.6) is 0 Å². The molecule has 1 unspecified atom stereocenters. The van der Waals surface area contributed by atoms with Gasteiger partial charge in [-0.1, -0.05) is 65.7 Å². The predicted octanol–water partition coefficient (Wildman–Crippen LogP) is 4.62. The first-order chi connectivity index (χ1) is 15.9. The van der Waals surface area contributed by atoms with Crippen molar-refractivity contribution in [1.29, 1.82) is 0 Å². The number of carbonyl (C=O) groups excluding carboxylic acids is 3. The summed E-state index contributed by atoms with van der Waals surface area (Å²) in [6, 6.07) is -0.925. The topological polar surface area (TPSA) is 134 Å². The SMILES string of the molecule is CCCCCCCCCOC(=O)C(CC(C)C)(NC(=O)OC(C)(C)C)C(=O)[C@@H](N)CCCCN. The number of ketones is 1. The zero-order valence-corrected chi connectivity index (χ0v) is 22.5. The van der Waals surface area contributed by atoms with E-state index in [1.165, 1.54) is 19.3 Å². The first-order valence-corrected chi connectivity index (χ1v) is 13.1. The minimum absolute atomic E-state index is 0.0749. The maximum absolute atomic E-state index is 13.5. The lowest BCUT2D eigenvalue weighted by molar-refractivity contribution is -0.157. The van der Waals surface area contributed by atoms with Crippen molar-refractivity contribution in [2.75, 3.05) is 13.2 Å². The fraction of sp³-hybridized carbons (Fsp3) is 0.885. The molecule has 0 bridgehead atoms. The number of ether oxygens (including phenoxy) is 2. The summed E-state index contributed by atoms with van der Waals surface area (Å²) in [5.74, 6) is -1.40. The van der Waals surface area contributed by atoms with E-state index in [1.54, 1.807) is 20.8 Å². The van der Waals surface area contributed by atoms with Gasteiger partial charge in [-0.25, -0.2) is 9.59 Å². The standard InChI is InChI=1S/C26H51N3O5/c1-7-8-9-10-11-12-15-18-33-23(31)26(19-20(2)3,29-24(32)34-25(4,5)6)22(30)21(28)16-13-14-17-27/h20-21H,7-19,27-28H2,1-6H3,(H,29,32)/t21-,26?/m0/s1. The molecule has 0 spiro atoms. The van der Waals surface area contributed by atoms with Gasteiger partial charge < -0.3 is 20.9 Å². The van der Waals surface area contributed by atoms with Crippen molar-refractivity contribution in [3.05, 3.63) is 0 Å². The highest BCUT2D eigenvalue weighted by molar-refractivity contribution is 6.12. The minimum Gasteiger partial charge on any atom is -0.464 e. The molecule has 0 aromatic rings. The van der Waals surface area contributed by atoms with Crippen molar-refractivity contribution in [3.63, 3.8) is 0 Å². The van der Waals surface area contributed by atoms with Crippen LogP contribution in [-0.2, 0) is 19.1 Å². The molecule has 34 heavy (non-hydrogen) atoms. The van der Waals surface area contributed by atoms with Crippen LogP contribution in [0.1, 0.15) is 112 Å². The monoisotopic (exact) mass is 485 g/mol. The Hall–Kier alpha value is -1.67. The van der Waals surface area contributed by atoms with Crippen LogP contribution >= 0.6 is 0 Å². The number of alkyl carbamates (subject to hydrolysis) is 1. The van der Waals surface area contributed by atoms with Crippen LogP contribution in [-0.4, -0.2) is 48.2 Å². The van der Waals surface area contributed by atoms with Gasteiger partial charge in [0.05, 0.1) is 12.6 Å². The number of rotatable bonds is 18. The van der Waals surface area contributed by atoms with Crippen molar-refractivity contribution in [2.24, 2.45) is 17.4 Å². The Bertz CT molecular complexity index is 604. The van der Waals surface area contributed by atoms with Gasteiger partial charge in [0.25, 0.3) is 0 Å². The normalized spacial score (nSPS) is 14.4. The van der Waals surface area contributed by atoms with E-state index < -0.39 is 35.0 Å². The van der Waals surface area contributed by atoms with Crippen molar-refractivity contribution >= 4 is 17.8 Å². The summed E-state index contributed by atoms with van der Waals surface area (Å²) in [6.45, 7) is 11.8. The molecule has 2 atom stereocenters. The molecule has 0 saturated heterocycles. The smallest absolute Gasteiger partial charge is 0.408 e. The molecule has 0 aromatic heterocycles. The maximum Gasteiger partial charge on any atom is 0.408 e. The number of esters is 1. The summed E-state index contributed by atoms with van der Waals surface area (Å²) in [7, 11) is 0. The van der Waals surface area contributed by atoms with Crippen LogP contribution in [0.4, 0.5) is 4.79 Å². The molecular weight excluding hydrogens is 434 g/mol. The number of Topliss-reactive ketones (excluding diaryl/α,β-unsaturated/α-hetero) is 1. The molecule has 0 aliphatic rings. The first-order valence-electron chi connectivity index (χ1n) is 13.1. The molecule has 8 nitrogen and oxygen atoms in total. The molecule has 0 radical (unpaired) electrons. The van der Waals surface area contributed by atoms with Gasteiger partial charge in [0.1, 0.15) is 5.60 Å². The Balaban J connectivity index is 5.51. The van der Waals surface area contributed by atoms with E-state index in [4.69, 9.17) is 20.9 Å². The van der Waals surface area contributed by atoms with E-state index in [2.05, 4.69) is 12.2 Å². The van der Waals surface area contributed by atoms with Gasteiger partial charge in [0.15, 0.2) is 5.78 Å². The van der Waals surface area contributed by atoms with E-state index in [1.807, 2.05) is 13.8 Å². The molecule has 0 aliphatic heterocycles. The van der Waals surface area contributed by atoms with Crippen molar-refractivity contribution in [3.8, 4) is 0 Å². The first kappa shape index (κ1) is 32.3. The van der Waals surface area contributed by atoms with Gasteiger partial charge in [-0.2, -0.15) is 0 Å². The fourth-order valence-corrected chi connectivity index (χ4v) is 3.84.